The average molecular weight is 293 g/mol. The summed E-state index contributed by atoms with van der Waals surface area (Å²) < 4.78 is 26.1. The van der Waals surface area contributed by atoms with Crippen molar-refractivity contribution in [2.75, 3.05) is 18.8 Å². The Hall–Kier alpha value is -1.45. The Morgan fingerprint density at radius 1 is 1.35 bits per heavy atom. The third kappa shape index (κ3) is 3.56. The number of pyridine rings is 1. The lowest BCUT2D eigenvalue weighted by molar-refractivity contribution is 0.232. The minimum absolute atomic E-state index is 0.111. The van der Waals surface area contributed by atoms with E-state index < -0.39 is 10.0 Å². The molecule has 0 aromatic carbocycles. The zero-order valence-corrected chi connectivity index (χ0v) is 12.4. The van der Waals surface area contributed by atoms with E-state index in [0.717, 1.165) is 5.56 Å². The molecule has 1 aliphatic rings. The fraction of sp³-hybridized carbons (Fsp3) is 0.571. The summed E-state index contributed by atoms with van der Waals surface area (Å²) in [5.74, 6) is 0.111. The Morgan fingerprint density at radius 3 is 2.50 bits per heavy atom. The highest BCUT2D eigenvalue weighted by atomic mass is 32.2. The number of hydrogen-bond donors (Lipinski definition) is 0. The molecular weight excluding hydrogens is 274 g/mol. The molecule has 0 unspecified atom stereocenters. The molecule has 2 heterocycles. The number of nitriles is 1. The summed E-state index contributed by atoms with van der Waals surface area (Å²) >= 11 is 0. The van der Waals surface area contributed by atoms with Crippen LogP contribution in [0.25, 0.3) is 0 Å². The van der Waals surface area contributed by atoms with Crippen LogP contribution in [-0.2, 0) is 16.4 Å². The SMILES string of the molecule is CC1(C#N)CCN(S(=O)(=O)CCc2ccncc2)CC1. The minimum Gasteiger partial charge on any atom is -0.265 e. The molecule has 6 heteroatoms. The molecule has 0 radical (unpaired) electrons. The second-order valence-electron chi connectivity index (χ2n) is 5.49. The molecule has 5 nitrogen and oxygen atoms in total. The number of sulfonamides is 1. The first-order valence-corrected chi connectivity index (χ1v) is 8.34. The van der Waals surface area contributed by atoms with Gasteiger partial charge in [-0.15, -0.1) is 0 Å². The van der Waals surface area contributed by atoms with Gasteiger partial charge in [-0.2, -0.15) is 5.26 Å². The van der Waals surface area contributed by atoms with Crippen LogP contribution >= 0.6 is 0 Å². The zero-order chi connectivity index (χ0) is 14.6. The lowest BCUT2D eigenvalue weighted by Gasteiger charge is -2.34. The van der Waals surface area contributed by atoms with Gasteiger partial charge >= 0.3 is 0 Å². The van der Waals surface area contributed by atoms with Crippen LogP contribution in [0.2, 0.25) is 0 Å². The third-order valence-electron chi connectivity index (χ3n) is 3.89. The van der Waals surface area contributed by atoms with Crippen LogP contribution in [0, 0.1) is 16.7 Å². The minimum atomic E-state index is -3.24. The normalized spacial score (nSPS) is 19.4. The lowest BCUT2D eigenvalue weighted by Crippen LogP contribution is -2.42. The maximum atomic E-state index is 12.3. The molecule has 0 atom stereocenters. The molecule has 0 amide bonds. The van der Waals surface area contributed by atoms with Crippen LogP contribution in [0.3, 0.4) is 0 Å². The number of rotatable bonds is 4. The molecule has 2 rings (SSSR count). The largest absolute Gasteiger partial charge is 0.265 e. The summed E-state index contributed by atoms with van der Waals surface area (Å²) in [5.41, 5.74) is 0.597. The van der Waals surface area contributed by atoms with Crippen molar-refractivity contribution in [2.24, 2.45) is 5.41 Å². The van der Waals surface area contributed by atoms with Gasteiger partial charge < -0.3 is 0 Å². The van der Waals surface area contributed by atoms with Crippen LogP contribution in [0.1, 0.15) is 25.3 Å². The summed E-state index contributed by atoms with van der Waals surface area (Å²) in [7, 11) is -3.24. The van der Waals surface area contributed by atoms with E-state index in [1.54, 1.807) is 12.4 Å². The van der Waals surface area contributed by atoms with Crippen molar-refractivity contribution in [1.29, 1.82) is 5.26 Å². The Bertz CT molecular complexity index is 585. The Balaban J connectivity index is 1.94. The smallest absolute Gasteiger partial charge is 0.214 e. The molecule has 1 fully saturated rings. The Kier molecular flexibility index (Phi) is 4.41. The van der Waals surface area contributed by atoms with Crippen LogP contribution in [-0.4, -0.2) is 36.5 Å². The maximum absolute atomic E-state index is 12.3. The van der Waals surface area contributed by atoms with E-state index in [2.05, 4.69) is 11.1 Å². The molecule has 0 bridgehead atoms. The second kappa shape index (κ2) is 5.90. The first-order valence-electron chi connectivity index (χ1n) is 6.73. The molecule has 1 aromatic rings. The van der Waals surface area contributed by atoms with E-state index in [0.29, 0.717) is 32.4 Å². The van der Waals surface area contributed by atoms with E-state index >= 15 is 0 Å². The van der Waals surface area contributed by atoms with Crippen LogP contribution in [0.4, 0.5) is 0 Å². The van der Waals surface area contributed by atoms with Gasteiger partial charge in [0.05, 0.1) is 17.2 Å². The van der Waals surface area contributed by atoms with Crippen molar-refractivity contribution in [3.8, 4) is 6.07 Å². The number of piperidine rings is 1. The monoisotopic (exact) mass is 293 g/mol. The molecule has 1 aliphatic heterocycles. The van der Waals surface area contributed by atoms with E-state index in [9.17, 15) is 8.42 Å². The lowest BCUT2D eigenvalue weighted by atomic mass is 9.83. The molecule has 1 saturated heterocycles. The predicted octanol–water partition coefficient (Wildman–Crippen LogP) is 1.58. The van der Waals surface area contributed by atoms with Crippen LogP contribution in [0.5, 0.6) is 0 Å². The van der Waals surface area contributed by atoms with E-state index in [4.69, 9.17) is 5.26 Å². The molecular formula is C14H19N3O2S. The van der Waals surface area contributed by atoms with Gasteiger partial charge in [0.2, 0.25) is 10.0 Å². The van der Waals surface area contributed by atoms with Gasteiger partial charge in [0.1, 0.15) is 0 Å². The molecule has 1 aromatic heterocycles. The van der Waals surface area contributed by atoms with E-state index in [-0.39, 0.29) is 11.2 Å². The zero-order valence-electron chi connectivity index (χ0n) is 11.6. The fourth-order valence-electron chi connectivity index (χ4n) is 2.30. The van der Waals surface area contributed by atoms with Crippen LogP contribution in [0.15, 0.2) is 24.5 Å². The predicted molar refractivity (Wildman–Crippen MR) is 76.3 cm³/mol. The van der Waals surface area contributed by atoms with Gasteiger partial charge in [0.25, 0.3) is 0 Å². The van der Waals surface area contributed by atoms with Gasteiger partial charge in [-0.05, 0) is 43.9 Å². The average Bonchev–Trinajstić information content (AvgIpc) is 2.47. The van der Waals surface area contributed by atoms with Crippen molar-refractivity contribution < 1.29 is 8.42 Å². The van der Waals surface area contributed by atoms with Crippen molar-refractivity contribution in [3.63, 3.8) is 0 Å². The molecule has 0 aliphatic carbocycles. The molecule has 20 heavy (non-hydrogen) atoms. The van der Waals surface area contributed by atoms with E-state index in [1.165, 1.54) is 4.31 Å². The van der Waals surface area contributed by atoms with Crippen LogP contribution < -0.4 is 0 Å². The first-order chi connectivity index (χ1) is 9.45. The van der Waals surface area contributed by atoms with Gasteiger partial charge in [-0.25, -0.2) is 12.7 Å². The summed E-state index contributed by atoms with van der Waals surface area (Å²) in [6, 6.07) is 5.95. The number of hydrogen-bond acceptors (Lipinski definition) is 4. The summed E-state index contributed by atoms with van der Waals surface area (Å²) in [6.07, 6.45) is 5.05. The quantitative estimate of drug-likeness (QED) is 0.844. The summed E-state index contributed by atoms with van der Waals surface area (Å²) in [5, 5.41) is 9.07. The summed E-state index contributed by atoms with van der Waals surface area (Å²) in [6.45, 7) is 2.79. The highest BCUT2D eigenvalue weighted by molar-refractivity contribution is 7.89. The Morgan fingerprint density at radius 2 is 1.95 bits per heavy atom. The second-order valence-corrected chi connectivity index (χ2v) is 7.58. The molecule has 0 spiro atoms. The number of nitrogens with zero attached hydrogens (tertiary/aromatic N) is 3. The number of aromatic nitrogens is 1. The Labute approximate surface area is 120 Å². The molecule has 0 N–H and O–H groups in total. The third-order valence-corrected chi connectivity index (χ3v) is 5.76. The standard InChI is InChI=1S/C14H19N3O2S/c1-14(12-15)5-9-17(10-6-14)20(18,19)11-4-13-2-7-16-8-3-13/h2-3,7-8H,4-6,9-11H2,1H3. The number of aryl methyl sites for hydroxylation is 1. The van der Waals surface area contributed by atoms with Crippen molar-refractivity contribution in [1.82, 2.24) is 9.29 Å². The maximum Gasteiger partial charge on any atom is 0.214 e. The first kappa shape index (κ1) is 14.9. The van der Waals surface area contributed by atoms with E-state index in [1.807, 2.05) is 19.1 Å². The van der Waals surface area contributed by atoms with Crippen molar-refractivity contribution in [2.45, 2.75) is 26.2 Å². The fourth-order valence-corrected chi connectivity index (χ4v) is 3.79. The van der Waals surface area contributed by atoms with Gasteiger partial charge in [-0.1, -0.05) is 0 Å². The summed E-state index contributed by atoms with van der Waals surface area (Å²) in [4.78, 5) is 3.91. The highest BCUT2D eigenvalue weighted by Crippen LogP contribution is 2.31. The molecule has 108 valence electrons. The highest BCUT2D eigenvalue weighted by Gasteiger charge is 2.34. The van der Waals surface area contributed by atoms with Crippen molar-refractivity contribution >= 4 is 10.0 Å². The topological polar surface area (TPSA) is 74.1 Å². The van der Waals surface area contributed by atoms with Gasteiger partial charge in [-0.3, -0.25) is 4.98 Å². The van der Waals surface area contributed by atoms with Crippen molar-refractivity contribution in [3.05, 3.63) is 30.1 Å². The van der Waals surface area contributed by atoms with Gasteiger partial charge in [0.15, 0.2) is 0 Å². The van der Waals surface area contributed by atoms with Gasteiger partial charge in [0, 0.05) is 25.5 Å². The molecule has 0 saturated carbocycles.